The van der Waals surface area contributed by atoms with Crippen molar-refractivity contribution in [2.45, 2.75) is 51.6 Å². The van der Waals surface area contributed by atoms with Crippen LogP contribution in [-0.2, 0) is 26.2 Å². The number of nitrogens with one attached hydrogen (secondary N) is 1. The van der Waals surface area contributed by atoms with Crippen LogP contribution in [0, 0.1) is 13.8 Å². The predicted octanol–water partition coefficient (Wildman–Crippen LogP) is 4.44. The normalized spacial score (nSPS) is 12.0. The minimum absolute atomic E-state index is 0.0917. The molecule has 0 heterocycles. The number of hydrogen-bond acceptors (Lipinski definition) is 4. The lowest BCUT2D eigenvalue weighted by molar-refractivity contribution is -0.140. The number of hydrogen-bond donors (Lipinski definition) is 1. The van der Waals surface area contributed by atoms with Gasteiger partial charge in [-0.25, -0.2) is 8.42 Å². The van der Waals surface area contributed by atoms with Crippen molar-refractivity contribution >= 4 is 27.5 Å². The number of carbonyl (C=O) groups is 2. The average Bonchev–Trinajstić information content (AvgIpc) is 2.89. The molecule has 2 amide bonds. The van der Waals surface area contributed by atoms with Crippen LogP contribution in [0.4, 0.5) is 5.69 Å². The summed E-state index contributed by atoms with van der Waals surface area (Å²) in [4.78, 5) is 28.5. The monoisotopic (exact) mass is 521 g/mol. The summed E-state index contributed by atoms with van der Waals surface area (Å²) in [6.45, 7) is 7.53. The van der Waals surface area contributed by atoms with E-state index in [1.54, 1.807) is 24.3 Å². The molecule has 0 aliphatic rings. The van der Waals surface area contributed by atoms with Crippen molar-refractivity contribution in [3.05, 3.63) is 95.6 Å². The summed E-state index contributed by atoms with van der Waals surface area (Å²) < 4.78 is 28.9. The van der Waals surface area contributed by atoms with E-state index in [2.05, 4.69) is 5.32 Å². The van der Waals surface area contributed by atoms with Crippen molar-refractivity contribution in [1.29, 1.82) is 0 Å². The zero-order valence-electron chi connectivity index (χ0n) is 21.8. The molecule has 3 rings (SSSR count). The van der Waals surface area contributed by atoms with Crippen molar-refractivity contribution in [3.8, 4) is 0 Å². The van der Waals surface area contributed by atoms with E-state index >= 15 is 0 Å². The van der Waals surface area contributed by atoms with Crippen LogP contribution in [0.3, 0.4) is 0 Å². The van der Waals surface area contributed by atoms with Gasteiger partial charge in [-0.2, -0.15) is 0 Å². The minimum atomic E-state index is -4.07. The van der Waals surface area contributed by atoms with E-state index in [1.165, 1.54) is 17.0 Å². The van der Waals surface area contributed by atoms with Gasteiger partial charge in [0, 0.05) is 13.1 Å². The van der Waals surface area contributed by atoms with Crippen molar-refractivity contribution < 1.29 is 18.0 Å². The molecule has 1 atom stereocenters. The Balaban J connectivity index is 2.08. The van der Waals surface area contributed by atoms with Gasteiger partial charge >= 0.3 is 0 Å². The van der Waals surface area contributed by atoms with E-state index in [0.29, 0.717) is 18.7 Å². The highest BCUT2D eigenvalue weighted by molar-refractivity contribution is 7.92. The second-order valence-corrected chi connectivity index (χ2v) is 10.8. The fourth-order valence-electron chi connectivity index (χ4n) is 4.21. The van der Waals surface area contributed by atoms with Gasteiger partial charge in [0.1, 0.15) is 12.6 Å². The smallest absolute Gasteiger partial charge is 0.264 e. The van der Waals surface area contributed by atoms with Gasteiger partial charge in [-0.3, -0.25) is 13.9 Å². The van der Waals surface area contributed by atoms with E-state index in [9.17, 15) is 18.0 Å². The predicted molar refractivity (Wildman–Crippen MR) is 147 cm³/mol. The zero-order valence-corrected chi connectivity index (χ0v) is 22.7. The second-order valence-electron chi connectivity index (χ2n) is 8.94. The number of anilines is 1. The highest BCUT2D eigenvalue weighted by atomic mass is 32.2. The number of aryl methyl sites for hydroxylation is 2. The van der Waals surface area contributed by atoms with Crippen LogP contribution in [0.2, 0.25) is 0 Å². The lowest BCUT2D eigenvalue weighted by atomic mass is 10.1. The van der Waals surface area contributed by atoms with Crippen LogP contribution in [-0.4, -0.2) is 44.3 Å². The Morgan fingerprint density at radius 3 is 2.11 bits per heavy atom. The van der Waals surface area contributed by atoms with Gasteiger partial charge in [-0.15, -0.1) is 0 Å². The molecule has 0 saturated carbocycles. The maximum absolute atomic E-state index is 14.0. The third-order valence-electron chi connectivity index (χ3n) is 6.18. The molecule has 0 bridgehead atoms. The quantitative estimate of drug-likeness (QED) is 0.404. The first-order valence-electron chi connectivity index (χ1n) is 12.4. The topological polar surface area (TPSA) is 86.8 Å². The lowest BCUT2D eigenvalue weighted by Gasteiger charge is -2.33. The molecule has 0 aliphatic heterocycles. The first kappa shape index (κ1) is 27.9. The number of rotatable bonds is 11. The largest absolute Gasteiger partial charge is 0.355 e. The molecule has 0 radical (unpaired) electrons. The van der Waals surface area contributed by atoms with Gasteiger partial charge in [0.2, 0.25) is 11.8 Å². The third-order valence-corrected chi connectivity index (χ3v) is 7.95. The third kappa shape index (κ3) is 6.77. The molecular weight excluding hydrogens is 486 g/mol. The van der Waals surface area contributed by atoms with E-state index in [-0.39, 0.29) is 17.3 Å². The first-order valence-corrected chi connectivity index (χ1v) is 13.9. The molecule has 0 aliphatic carbocycles. The summed E-state index contributed by atoms with van der Waals surface area (Å²) in [6, 6.07) is 22.2. The van der Waals surface area contributed by atoms with Gasteiger partial charge in [0.25, 0.3) is 10.0 Å². The summed E-state index contributed by atoms with van der Waals surface area (Å²) in [6.07, 6.45) is 0.388. The van der Waals surface area contributed by atoms with Crippen LogP contribution >= 0.6 is 0 Å². The molecular formula is C29H35N3O4S. The lowest BCUT2D eigenvalue weighted by Crippen LogP contribution is -2.52. The van der Waals surface area contributed by atoms with Crippen molar-refractivity contribution in [2.24, 2.45) is 0 Å². The number of likely N-dealkylation sites (N-methyl/N-ethyl adjacent to an activating group) is 1. The van der Waals surface area contributed by atoms with Crippen LogP contribution < -0.4 is 9.62 Å². The summed E-state index contributed by atoms with van der Waals surface area (Å²) >= 11 is 0. The molecule has 7 nitrogen and oxygen atoms in total. The summed E-state index contributed by atoms with van der Waals surface area (Å²) in [5, 5.41) is 2.81. The molecule has 0 fully saturated rings. The maximum atomic E-state index is 14.0. The molecule has 37 heavy (non-hydrogen) atoms. The standard InChI is InChI=1S/C29H35N3O4S/c1-5-26(29(34)30-6-2)31(20-24-13-9-7-10-14-24)28(33)21-32(27-19-22(3)17-18-23(27)4)37(35,36)25-15-11-8-12-16-25/h7-19,26H,5-6,20-21H2,1-4H3,(H,30,34). The molecule has 1 N–H and O–H groups in total. The molecule has 8 heteroatoms. The Bertz CT molecular complexity index is 1310. The van der Waals surface area contributed by atoms with Crippen LogP contribution in [0.1, 0.15) is 37.0 Å². The fourth-order valence-corrected chi connectivity index (χ4v) is 5.70. The molecule has 0 spiro atoms. The van der Waals surface area contributed by atoms with Gasteiger partial charge in [0.05, 0.1) is 10.6 Å². The van der Waals surface area contributed by atoms with Crippen LogP contribution in [0.5, 0.6) is 0 Å². The van der Waals surface area contributed by atoms with Gasteiger partial charge in [0.15, 0.2) is 0 Å². The Labute approximate surface area is 220 Å². The Kier molecular flexibility index (Phi) is 9.47. The molecule has 1 unspecified atom stereocenters. The van der Waals surface area contributed by atoms with Crippen molar-refractivity contribution in [1.82, 2.24) is 10.2 Å². The van der Waals surface area contributed by atoms with Crippen molar-refractivity contribution in [3.63, 3.8) is 0 Å². The maximum Gasteiger partial charge on any atom is 0.264 e. The van der Waals surface area contributed by atoms with Gasteiger partial charge in [-0.05, 0) is 62.1 Å². The molecule has 0 aromatic heterocycles. The number of amides is 2. The average molecular weight is 522 g/mol. The van der Waals surface area contributed by atoms with Gasteiger partial charge < -0.3 is 10.2 Å². The molecule has 3 aromatic rings. The first-order chi connectivity index (χ1) is 17.7. The SMILES string of the molecule is CCNC(=O)C(CC)N(Cc1ccccc1)C(=O)CN(c1cc(C)ccc1C)S(=O)(=O)c1ccccc1. The van der Waals surface area contributed by atoms with E-state index in [0.717, 1.165) is 21.0 Å². The number of carbonyl (C=O) groups excluding carboxylic acids is 2. The Morgan fingerprint density at radius 2 is 1.51 bits per heavy atom. The highest BCUT2D eigenvalue weighted by Gasteiger charge is 2.34. The summed E-state index contributed by atoms with van der Waals surface area (Å²) in [7, 11) is -4.07. The number of nitrogens with zero attached hydrogens (tertiary/aromatic N) is 2. The van der Waals surface area contributed by atoms with Crippen LogP contribution in [0.15, 0.2) is 83.8 Å². The second kappa shape index (κ2) is 12.5. The zero-order chi connectivity index (χ0) is 27.0. The number of benzene rings is 3. The van der Waals surface area contributed by atoms with Crippen molar-refractivity contribution in [2.75, 3.05) is 17.4 Å². The van der Waals surface area contributed by atoms with Crippen LogP contribution in [0.25, 0.3) is 0 Å². The fraction of sp³-hybridized carbons (Fsp3) is 0.310. The number of sulfonamides is 1. The van der Waals surface area contributed by atoms with E-state index in [4.69, 9.17) is 0 Å². The molecule has 3 aromatic carbocycles. The summed E-state index contributed by atoms with van der Waals surface area (Å²) in [5.41, 5.74) is 2.88. The minimum Gasteiger partial charge on any atom is -0.355 e. The Morgan fingerprint density at radius 1 is 0.892 bits per heavy atom. The summed E-state index contributed by atoms with van der Waals surface area (Å²) in [5.74, 6) is -0.721. The van der Waals surface area contributed by atoms with E-state index < -0.39 is 28.5 Å². The van der Waals surface area contributed by atoms with E-state index in [1.807, 2.05) is 70.2 Å². The molecule has 196 valence electrons. The Hall–Kier alpha value is -3.65. The van der Waals surface area contributed by atoms with Gasteiger partial charge in [-0.1, -0.05) is 67.6 Å². The molecule has 0 saturated heterocycles. The highest BCUT2D eigenvalue weighted by Crippen LogP contribution is 2.28.